The monoisotopic (exact) mass is 346 g/mol. The summed E-state index contributed by atoms with van der Waals surface area (Å²) in [5.74, 6) is -0.321. The van der Waals surface area contributed by atoms with Crippen LogP contribution in [0.4, 0.5) is 4.39 Å². The summed E-state index contributed by atoms with van der Waals surface area (Å²) in [6.45, 7) is 1.43. The summed E-state index contributed by atoms with van der Waals surface area (Å²) in [5, 5.41) is 3.04. The minimum atomic E-state index is -0.319. The van der Waals surface area contributed by atoms with E-state index in [0.717, 1.165) is 51.5 Å². The van der Waals surface area contributed by atoms with E-state index in [9.17, 15) is 14.0 Å². The van der Waals surface area contributed by atoms with Crippen LogP contribution in [-0.2, 0) is 16.0 Å². The van der Waals surface area contributed by atoms with Gasteiger partial charge in [0, 0.05) is 19.1 Å². The first-order chi connectivity index (χ1) is 12.1. The summed E-state index contributed by atoms with van der Waals surface area (Å²) < 4.78 is 13.4. The predicted octanol–water partition coefficient (Wildman–Crippen LogP) is 3.06. The maximum atomic E-state index is 13.4. The number of nitrogens with zero attached hydrogens (tertiary/aromatic N) is 1. The molecule has 1 aromatic rings. The van der Waals surface area contributed by atoms with Crippen LogP contribution >= 0.6 is 0 Å². The molecule has 2 amide bonds. The molecule has 2 atom stereocenters. The van der Waals surface area contributed by atoms with Crippen LogP contribution in [0.3, 0.4) is 0 Å². The van der Waals surface area contributed by atoms with E-state index in [1.165, 1.54) is 12.1 Å². The molecule has 0 bridgehead atoms. The first kappa shape index (κ1) is 17.9. The van der Waals surface area contributed by atoms with E-state index in [1.54, 1.807) is 12.1 Å². The van der Waals surface area contributed by atoms with Crippen molar-refractivity contribution in [3.05, 3.63) is 35.6 Å². The van der Waals surface area contributed by atoms with E-state index < -0.39 is 0 Å². The van der Waals surface area contributed by atoms with Crippen molar-refractivity contribution >= 4 is 11.8 Å². The fourth-order valence-electron chi connectivity index (χ4n) is 4.12. The lowest BCUT2D eigenvalue weighted by molar-refractivity contribution is -0.136. The second-order valence-electron chi connectivity index (χ2n) is 7.20. The molecule has 1 saturated carbocycles. The lowest BCUT2D eigenvalue weighted by Crippen LogP contribution is -2.47. The maximum absolute atomic E-state index is 13.4. The van der Waals surface area contributed by atoms with Crippen molar-refractivity contribution in [3.63, 3.8) is 0 Å². The van der Waals surface area contributed by atoms with Crippen molar-refractivity contribution < 1.29 is 14.0 Å². The Kier molecular flexibility index (Phi) is 6.05. The Labute approximate surface area is 148 Å². The number of amides is 2. The lowest BCUT2D eigenvalue weighted by atomic mass is 9.99. The molecule has 1 N–H and O–H groups in total. The molecule has 0 spiro atoms. The topological polar surface area (TPSA) is 49.4 Å². The third-order valence-corrected chi connectivity index (χ3v) is 5.41. The normalized spacial score (nSPS) is 25.0. The second kappa shape index (κ2) is 8.45. The second-order valence-corrected chi connectivity index (χ2v) is 7.20. The summed E-state index contributed by atoms with van der Waals surface area (Å²) in [6, 6.07) is 6.21. The van der Waals surface area contributed by atoms with Crippen LogP contribution in [0.15, 0.2) is 24.3 Å². The molecule has 1 aliphatic carbocycles. The number of hydrogen-bond acceptors (Lipinski definition) is 2. The number of hydrogen-bond donors (Lipinski definition) is 1. The molecular formula is C20H27FN2O2. The summed E-state index contributed by atoms with van der Waals surface area (Å²) in [5.41, 5.74) is 0.693. The maximum Gasteiger partial charge on any atom is 0.227 e. The first-order valence-electron chi connectivity index (χ1n) is 9.47. The Morgan fingerprint density at radius 2 is 2.00 bits per heavy atom. The third kappa shape index (κ3) is 4.59. The van der Waals surface area contributed by atoms with E-state index >= 15 is 0 Å². The van der Waals surface area contributed by atoms with E-state index in [-0.39, 0.29) is 36.0 Å². The molecule has 1 aromatic carbocycles. The Hall–Kier alpha value is -1.91. The zero-order valence-electron chi connectivity index (χ0n) is 14.7. The highest BCUT2D eigenvalue weighted by molar-refractivity contribution is 5.83. The van der Waals surface area contributed by atoms with Crippen LogP contribution in [0.25, 0.3) is 0 Å². The summed E-state index contributed by atoms with van der Waals surface area (Å²) >= 11 is 0. The van der Waals surface area contributed by atoms with Crippen molar-refractivity contribution in [1.82, 2.24) is 10.2 Å². The van der Waals surface area contributed by atoms with Gasteiger partial charge in [-0.15, -0.1) is 0 Å². The van der Waals surface area contributed by atoms with E-state index in [1.807, 2.05) is 4.90 Å². The zero-order valence-corrected chi connectivity index (χ0v) is 14.7. The van der Waals surface area contributed by atoms with Crippen molar-refractivity contribution in [2.75, 3.05) is 13.1 Å². The molecule has 1 aliphatic heterocycles. The van der Waals surface area contributed by atoms with Gasteiger partial charge >= 0.3 is 0 Å². The molecule has 136 valence electrons. The number of benzene rings is 1. The Bertz CT molecular complexity index is 619. The van der Waals surface area contributed by atoms with Gasteiger partial charge in [-0.25, -0.2) is 4.39 Å². The fourth-order valence-corrected chi connectivity index (χ4v) is 4.12. The molecule has 1 heterocycles. The summed E-state index contributed by atoms with van der Waals surface area (Å²) in [4.78, 5) is 27.4. The summed E-state index contributed by atoms with van der Waals surface area (Å²) in [7, 11) is 0. The van der Waals surface area contributed by atoms with Crippen molar-refractivity contribution in [3.8, 4) is 0 Å². The average Bonchev–Trinajstić information content (AvgIpc) is 3.05. The minimum Gasteiger partial charge on any atom is -0.356 e. The largest absolute Gasteiger partial charge is 0.356 e. The molecule has 25 heavy (non-hydrogen) atoms. The molecule has 2 aliphatic rings. The molecule has 3 rings (SSSR count). The van der Waals surface area contributed by atoms with Gasteiger partial charge in [0.15, 0.2) is 0 Å². The van der Waals surface area contributed by atoms with E-state index in [4.69, 9.17) is 0 Å². The highest BCUT2D eigenvalue weighted by Crippen LogP contribution is 2.31. The quantitative estimate of drug-likeness (QED) is 0.895. The molecule has 2 unspecified atom stereocenters. The molecule has 4 nitrogen and oxygen atoms in total. The van der Waals surface area contributed by atoms with Crippen LogP contribution in [0.5, 0.6) is 0 Å². The number of halogens is 1. The number of carbonyl (C=O) groups excluding carboxylic acids is 2. The lowest BCUT2D eigenvalue weighted by Gasteiger charge is -2.32. The van der Waals surface area contributed by atoms with Gasteiger partial charge in [-0.1, -0.05) is 31.4 Å². The Balaban J connectivity index is 1.76. The van der Waals surface area contributed by atoms with Gasteiger partial charge in [0.25, 0.3) is 0 Å². The summed E-state index contributed by atoms with van der Waals surface area (Å²) in [6.07, 6.45) is 7.01. The van der Waals surface area contributed by atoms with Crippen molar-refractivity contribution in [1.29, 1.82) is 0 Å². The van der Waals surface area contributed by atoms with Gasteiger partial charge in [-0.3, -0.25) is 9.59 Å². The number of rotatable bonds is 2. The Morgan fingerprint density at radius 1 is 1.16 bits per heavy atom. The van der Waals surface area contributed by atoms with E-state index in [2.05, 4.69) is 5.32 Å². The van der Waals surface area contributed by atoms with Crippen LogP contribution in [0.1, 0.15) is 50.5 Å². The highest BCUT2D eigenvalue weighted by atomic mass is 19.1. The van der Waals surface area contributed by atoms with Gasteiger partial charge in [-0.2, -0.15) is 0 Å². The molecule has 0 radical (unpaired) electrons. The van der Waals surface area contributed by atoms with Crippen LogP contribution in [-0.4, -0.2) is 35.8 Å². The van der Waals surface area contributed by atoms with E-state index in [0.29, 0.717) is 12.1 Å². The SMILES string of the molecule is O=C1NCCCCCCN(C(=O)Cc2cccc(F)c2)C2CCCC12. The molecule has 0 aromatic heterocycles. The third-order valence-electron chi connectivity index (χ3n) is 5.41. The average molecular weight is 346 g/mol. The number of carbonyl (C=O) groups is 2. The highest BCUT2D eigenvalue weighted by Gasteiger charge is 2.38. The van der Waals surface area contributed by atoms with Gasteiger partial charge in [0.1, 0.15) is 5.82 Å². The van der Waals surface area contributed by atoms with Crippen molar-refractivity contribution in [2.45, 2.75) is 57.4 Å². The smallest absolute Gasteiger partial charge is 0.227 e. The van der Waals surface area contributed by atoms with Crippen LogP contribution < -0.4 is 5.32 Å². The van der Waals surface area contributed by atoms with Crippen LogP contribution in [0.2, 0.25) is 0 Å². The van der Waals surface area contributed by atoms with Gasteiger partial charge in [0.2, 0.25) is 11.8 Å². The fraction of sp³-hybridized carbons (Fsp3) is 0.600. The molecule has 2 fully saturated rings. The number of fused-ring (bicyclic) bond motifs is 1. The number of nitrogens with one attached hydrogen (secondary N) is 1. The molecular weight excluding hydrogens is 319 g/mol. The van der Waals surface area contributed by atoms with Gasteiger partial charge in [-0.05, 0) is 43.4 Å². The van der Waals surface area contributed by atoms with Gasteiger partial charge < -0.3 is 10.2 Å². The zero-order chi connectivity index (χ0) is 17.6. The Morgan fingerprint density at radius 3 is 2.84 bits per heavy atom. The standard InChI is InChI=1S/C20H27FN2O2/c21-16-8-5-7-15(13-16)14-19(24)23-12-4-2-1-3-11-22-20(25)17-9-6-10-18(17)23/h5,7-8,13,17-18H,1-4,6,9-12,14H2,(H,22,25). The van der Waals surface area contributed by atoms with Gasteiger partial charge in [0.05, 0.1) is 12.3 Å². The van der Waals surface area contributed by atoms with Crippen LogP contribution in [0, 0.1) is 11.7 Å². The van der Waals surface area contributed by atoms with Crippen molar-refractivity contribution in [2.24, 2.45) is 5.92 Å². The molecule has 1 saturated heterocycles. The predicted molar refractivity (Wildman–Crippen MR) is 94.4 cm³/mol. The minimum absolute atomic E-state index is 0.00884. The first-order valence-corrected chi connectivity index (χ1v) is 9.47. The molecule has 5 heteroatoms.